The summed E-state index contributed by atoms with van der Waals surface area (Å²) in [5, 5.41) is 10.2. The number of hydrogen-bond donors (Lipinski definition) is 0. The molecule has 0 saturated carbocycles. The summed E-state index contributed by atoms with van der Waals surface area (Å²) in [6.45, 7) is 3.91. The molecular formula is C16H17KN4O. The van der Waals surface area contributed by atoms with Gasteiger partial charge in [0.05, 0.1) is 16.9 Å². The molecule has 2 heterocycles. The summed E-state index contributed by atoms with van der Waals surface area (Å²) in [5.74, 6) is 0.856. The van der Waals surface area contributed by atoms with E-state index in [1.807, 2.05) is 43.8 Å². The summed E-state index contributed by atoms with van der Waals surface area (Å²) in [5.41, 5.74) is 3.76. The van der Waals surface area contributed by atoms with Crippen LogP contribution in [0.1, 0.15) is 18.4 Å². The molecule has 108 valence electrons. The SMILES string of the molecule is Cc1nn(C)c(-n2nc(C)c3ccccc32)c1/C=C/C=O.[H-].[K+]. The van der Waals surface area contributed by atoms with Crippen molar-refractivity contribution in [2.45, 2.75) is 13.8 Å². The standard InChI is InChI=1S/C16H16N4O.K.H/c1-11-13-7-4-5-9-15(13)20(18-11)16-14(8-6-10-21)12(2)17-19(16)3;;/h4-10H,1-3H3;;/q;+1;-1/b8-6+;;. The van der Waals surface area contributed by atoms with Gasteiger partial charge < -0.3 is 1.43 Å². The molecule has 0 atom stereocenters. The molecule has 0 unspecified atom stereocenters. The van der Waals surface area contributed by atoms with E-state index in [-0.39, 0.29) is 52.8 Å². The first kappa shape index (κ1) is 17.3. The molecule has 1 aromatic carbocycles. The molecule has 0 fully saturated rings. The smallest absolute Gasteiger partial charge is 1.00 e. The van der Waals surface area contributed by atoms with Crippen LogP contribution in [0.25, 0.3) is 22.8 Å². The van der Waals surface area contributed by atoms with Crippen LogP contribution in [0, 0.1) is 13.8 Å². The van der Waals surface area contributed by atoms with Crippen LogP contribution in [-0.4, -0.2) is 25.8 Å². The van der Waals surface area contributed by atoms with E-state index in [1.54, 1.807) is 10.8 Å². The molecule has 2 aromatic heterocycles. The second-order valence-corrected chi connectivity index (χ2v) is 4.96. The molecule has 0 radical (unpaired) electrons. The maximum absolute atomic E-state index is 10.6. The van der Waals surface area contributed by atoms with Gasteiger partial charge in [0, 0.05) is 18.0 Å². The van der Waals surface area contributed by atoms with Gasteiger partial charge in [0.15, 0.2) is 5.82 Å². The molecule has 0 N–H and O–H groups in total. The number of carbonyl (C=O) groups is 1. The van der Waals surface area contributed by atoms with Gasteiger partial charge in [0.2, 0.25) is 0 Å². The number of para-hydroxylation sites is 1. The number of benzene rings is 1. The van der Waals surface area contributed by atoms with Gasteiger partial charge >= 0.3 is 51.4 Å². The molecule has 0 aliphatic rings. The van der Waals surface area contributed by atoms with Crippen molar-refractivity contribution in [1.82, 2.24) is 19.6 Å². The number of rotatable bonds is 3. The topological polar surface area (TPSA) is 52.7 Å². The Hall–Kier alpha value is -1.05. The number of aldehydes is 1. The molecule has 22 heavy (non-hydrogen) atoms. The van der Waals surface area contributed by atoms with E-state index < -0.39 is 0 Å². The van der Waals surface area contributed by atoms with Crippen LogP contribution in [0.4, 0.5) is 0 Å². The second kappa shape index (κ2) is 7.02. The summed E-state index contributed by atoms with van der Waals surface area (Å²) >= 11 is 0. The second-order valence-electron chi connectivity index (χ2n) is 4.96. The summed E-state index contributed by atoms with van der Waals surface area (Å²) in [6, 6.07) is 8.08. The number of aryl methyl sites for hydroxylation is 3. The van der Waals surface area contributed by atoms with Crippen molar-refractivity contribution in [2.24, 2.45) is 7.05 Å². The van der Waals surface area contributed by atoms with Crippen molar-refractivity contribution >= 4 is 23.3 Å². The third kappa shape index (κ3) is 2.89. The zero-order chi connectivity index (χ0) is 15.0. The molecular weight excluding hydrogens is 303 g/mol. The van der Waals surface area contributed by atoms with Gasteiger partial charge in [0.1, 0.15) is 6.29 Å². The number of allylic oxidation sites excluding steroid dienone is 1. The average Bonchev–Trinajstić information content (AvgIpc) is 2.94. The van der Waals surface area contributed by atoms with E-state index >= 15 is 0 Å². The Morgan fingerprint density at radius 3 is 2.59 bits per heavy atom. The minimum Gasteiger partial charge on any atom is -1.00 e. The molecule has 3 aromatic rings. The fraction of sp³-hybridized carbons (Fsp3) is 0.188. The quantitative estimate of drug-likeness (QED) is 0.378. The van der Waals surface area contributed by atoms with Crippen LogP contribution >= 0.6 is 0 Å². The summed E-state index contributed by atoms with van der Waals surface area (Å²) in [7, 11) is 1.88. The molecule has 5 nitrogen and oxygen atoms in total. The van der Waals surface area contributed by atoms with Gasteiger partial charge in [-0.2, -0.15) is 10.2 Å². The van der Waals surface area contributed by atoms with Crippen molar-refractivity contribution in [2.75, 3.05) is 0 Å². The van der Waals surface area contributed by atoms with E-state index in [2.05, 4.69) is 16.3 Å². The van der Waals surface area contributed by atoms with Crippen molar-refractivity contribution in [1.29, 1.82) is 0 Å². The van der Waals surface area contributed by atoms with E-state index in [9.17, 15) is 4.79 Å². The maximum Gasteiger partial charge on any atom is 1.00 e. The predicted molar refractivity (Wildman–Crippen MR) is 83.5 cm³/mol. The molecule has 0 bridgehead atoms. The first-order valence-electron chi connectivity index (χ1n) is 6.73. The minimum absolute atomic E-state index is 0. The fourth-order valence-corrected chi connectivity index (χ4v) is 2.63. The van der Waals surface area contributed by atoms with Gasteiger partial charge in [-0.05, 0) is 32.1 Å². The Labute approximate surface area is 172 Å². The number of nitrogens with zero attached hydrogens (tertiary/aromatic N) is 4. The van der Waals surface area contributed by atoms with Crippen LogP contribution in [0.15, 0.2) is 30.3 Å². The van der Waals surface area contributed by atoms with Gasteiger partial charge in [-0.1, -0.05) is 18.2 Å². The molecule has 3 rings (SSSR count). The first-order valence-corrected chi connectivity index (χ1v) is 6.73. The van der Waals surface area contributed by atoms with Crippen LogP contribution in [0.3, 0.4) is 0 Å². The Morgan fingerprint density at radius 2 is 1.86 bits per heavy atom. The number of hydrogen-bond acceptors (Lipinski definition) is 3. The normalized spacial score (nSPS) is 11.0. The van der Waals surface area contributed by atoms with Crippen molar-refractivity contribution < 1.29 is 57.6 Å². The Kier molecular flexibility index (Phi) is 5.52. The minimum atomic E-state index is 0. The van der Waals surface area contributed by atoms with Crippen molar-refractivity contribution in [3.05, 3.63) is 47.3 Å². The monoisotopic (exact) mass is 320 g/mol. The number of carbonyl (C=O) groups excluding carboxylic acids is 1. The summed E-state index contributed by atoms with van der Waals surface area (Å²) < 4.78 is 3.67. The Morgan fingerprint density at radius 1 is 1.14 bits per heavy atom. The zero-order valence-corrected chi connectivity index (χ0v) is 16.4. The van der Waals surface area contributed by atoms with Crippen LogP contribution in [-0.2, 0) is 11.8 Å². The van der Waals surface area contributed by atoms with Crippen LogP contribution in [0.2, 0.25) is 0 Å². The van der Waals surface area contributed by atoms with Crippen LogP contribution in [0.5, 0.6) is 0 Å². The molecule has 0 aliphatic heterocycles. The van der Waals surface area contributed by atoms with Gasteiger partial charge in [0.25, 0.3) is 0 Å². The molecule has 0 spiro atoms. The van der Waals surface area contributed by atoms with Gasteiger partial charge in [-0.3, -0.25) is 9.48 Å². The molecule has 0 aliphatic carbocycles. The number of aromatic nitrogens is 4. The third-order valence-electron chi connectivity index (χ3n) is 3.55. The first-order chi connectivity index (χ1) is 10.1. The predicted octanol–water partition coefficient (Wildman–Crippen LogP) is -0.296. The Balaban J connectivity index is 0.00000132. The van der Waals surface area contributed by atoms with Crippen LogP contribution < -0.4 is 51.4 Å². The summed E-state index contributed by atoms with van der Waals surface area (Å²) in [4.78, 5) is 10.6. The number of fused-ring (bicyclic) bond motifs is 1. The van der Waals surface area contributed by atoms with Crippen molar-refractivity contribution in [3.8, 4) is 5.82 Å². The van der Waals surface area contributed by atoms with E-state index in [1.165, 1.54) is 6.08 Å². The van der Waals surface area contributed by atoms with Crippen molar-refractivity contribution in [3.63, 3.8) is 0 Å². The summed E-state index contributed by atoms with van der Waals surface area (Å²) in [6.07, 6.45) is 4.02. The zero-order valence-electron chi connectivity index (χ0n) is 14.2. The maximum atomic E-state index is 10.6. The Bertz CT molecular complexity index is 866. The fourth-order valence-electron chi connectivity index (χ4n) is 2.63. The largest absolute Gasteiger partial charge is 1.00 e. The van der Waals surface area contributed by atoms with Gasteiger partial charge in [-0.15, -0.1) is 0 Å². The third-order valence-corrected chi connectivity index (χ3v) is 3.55. The average molecular weight is 320 g/mol. The van der Waals surface area contributed by atoms with Gasteiger partial charge in [-0.25, -0.2) is 4.68 Å². The van der Waals surface area contributed by atoms with E-state index in [0.717, 1.165) is 40.0 Å². The molecule has 6 heteroatoms. The molecule has 0 amide bonds. The molecule has 0 saturated heterocycles. The van der Waals surface area contributed by atoms with E-state index in [4.69, 9.17) is 0 Å². The van der Waals surface area contributed by atoms with E-state index in [0.29, 0.717) is 0 Å².